The van der Waals surface area contributed by atoms with Crippen molar-refractivity contribution in [1.82, 2.24) is 14.9 Å². The summed E-state index contributed by atoms with van der Waals surface area (Å²) >= 11 is 0. The van der Waals surface area contributed by atoms with Gasteiger partial charge in [0.15, 0.2) is 0 Å². The van der Waals surface area contributed by atoms with Crippen LogP contribution in [0.15, 0.2) is 12.4 Å². The van der Waals surface area contributed by atoms with Gasteiger partial charge in [-0.15, -0.1) is 0 Å². The lowest BCUT2D eigenvalue weighted by Crippen LogP contribution is -2.38. The molecule has 1 aromatic heterocycles. The minimum absolute atomic E-state index is 0.405. The SMILES string of the molecule is CCCc1nccn1CCNC(C)C1CCCO1. The third-order valence-corrected chi connectivity index (χ3v) is 3.62. The molecule has 2 atom stereocenters. The molecule has 2 rings (SSSR count). The monoisotopic (exact) mass is 251 g/mol. The first-order chi connectivity index (χ1) is 8.81. The summed E-state index contributed by atoms with van der Waals surface area (Å²) in [5.74, 6) is 1.20. The molecule has 1 saturated heterocycles. The molecular weight excluding hydrogens is 226 g/mol. The zero-order valence-electron chi connectivity index (χ0n) is 11.6. The fourth-order valence-electron chi connectivity index (χ4n) is 2.54. The van der Waals surface area contributed by atoms with Gasteiger partial charge in [-0.1, -0.05) is 6.92 Å². The Balaban J connectivity index is 1.72. The number of hydrogen-bond donors (Lipinski definition) is 1. The quantitative estimate of drug-likeness (QED) is 0.805. The van der Waals surface area contributed by atoms with E-state index >= 15 is 0 Å². The lowest BCUT2D eigenvalue weighted by molar-refractivity contribution is 0.0835. The highest BCUT2D eigenvalue weighted by Gasteiger charge is 2.21. The van der Waals surface area contributed by atoms with E-state index < -0.39 is 0 Å². The summed E-state index contributed by atoms with van der Waals surface area (Å²) in [5, 5.41) is 3.56. The Labute approximate surface area is 110 Å². The predicted octanol–water partition coefficient (Wildman–Crippen LogP) is 1.99. The zero-order valence-corrected chi connectivity index (χ0v) is 11.6. The van der Waals surface area contributed by atoms with Crippen LogP contribution in [0.5, 0.6) is 0 Å². The van der Waals surface area contributed by atoms with Gasteiger partial charge in [-0.2, -0.15) is 0 Å². The first kappa shape index (κ1) is 13.6. The van der Waals surface area contributed by atoms with E-state index in [4.69, 9.17) is 4.74 Å². The van der Waals surface area contributed by atoms with Gasteiger partial charge in [0.2, 0.25) is 0 Å². The van der Waals surface area contributed by atoms with Crippen molar-refractivity contribution in [2.75, 3.05) is 13.2 Å². The summed E-state index contributed by atoms with van der Waals surface area (Å²) in [7, 11) is 0. The van der Waals surface area contributed by atoms with Crippen molar-refractivity contribution >= 4 is 0 Å². The van der Waals surface area contributed by atoms with E-state index in [0.717, 1.165) is 32.5 Å². The summed E-state index contributed by atoms with van der Waals surface area (Å²) < 4.78 is 7.93. The highest BCUT2D eigenvalue weighted by Crippen LogP contribution is 2.15. The topological polar surface area (TPSA) is 39.1 Å². The van der Waals surface area contributed by atoms with Gasteiger partial charge in [0, 0.05) is 44.6 Å². The Bertz CT molecular complexity index is 345. The summed E-state index contributed by atoms with van der Waals surface area (Å²) in [6.45, 7) is 7.31. The van der Waals surface area contributed by atoms with Crippen LogP contribution in [0.25, 0.3) is 0 Å². The van der Waals surface area contributed by atoms with Crippen molar-refractivity contribution < 1.29 is 4.74 Å². The molecule has 4 nitrogen and oxygen atoms in total. The minimum Gasteiger partial charge on any atom is -0.377 e. The maximum atomic E-state index is 5.68. The molecule has 1 N–H and O–H groups in total. The second-order valence-electron chi connectivity index (χ2n) is 5.08. The summed E-state index contributed by atoms with van der Waals surface area (Å²) in [6, 6.07) is 0.450. The van der Waals surface area contributed by atoms with Crippen molar-refractivity contribution in [3.63, 3.8) is 0 Å². The number of hydrogen-bond acceptors (Lipinski definition) is 3. The van der Waals surface area contributed by atoms with Crippen LogP contribution in [0.4, 0.5) is 0 Å². The number of nitrogens with zero attached hydrogens (tertiary/aromatic N) is 2. The van der Waals surface area contributed by atoms with Gasteiger partial charge in [0.1, 0.15) is 5.82 Å². The maximum Gasteiger partial charge on any atom is 0.108 e. The van der Waals surface area contributed by atoms with E-state index in [1.54, 1.807) is 0 Å². The smallest absolute Gasteiger partial charge is 0.108 e. The molecule has 1 aliphatic rings. The Morgan fingerprint density at radius 1 is 1.61 bits per heavy atom. The molecule has 4 heteroatoms. The number of imidazole rings is 1. The molecule has 1 fully saturated rings. The molecule has 102 valence electrons. The van der Waals surface area contributed by atoms with Crippen LogP contribution in [0.1, 0.15) is 38.9 Å². The van der Waals surface area contributed by atoms with Gasteiger partial charge in [-0.3, -0.25) is 0 Å². The maximum absolute atomic E-state index is 5.68. The summed E-state index contributed by atoms with van der Waals surface area (Å²) in [6.07, 6.45) is 8.99. The number of nitrogens with one attached hydrogen (secondary N) is 1. The van der Waals surface area contributed by atoms with Crippen molar-refractivity contribution in [2.24, 2.45) is 0 Å². The minimum atomic E-state index is 0.405. The normalized spacial score (nSPS) is 21.3. The number of ether oxygens (including phenoxy) is 1. The van der Waals surface area contributed by atoms with E-state index in [0.29, 0.717) is 12.1 Å². The molecule has 1 aliphatic heterocycles. The Morgan fingerprint density at radius 3 is 3.22 bits per heavy atom. The second-order valence-corrected chi connectivity index (χ2v) is 5.08. The van der Waals surface area contributed by atoms with E-state index in [1.165, 1.54) is 18.7 Å². The molecule has 1 aromatic rings. The molecule has 0 aromatic carbocycles. The zero-order chi connectivity index (χ0) is 12.8. The first-order valence-electron chi connectivity index (χ1n) is 7.16. The van der Waals surface area contributed by atoms with Crippen LogP contribution in [0.3, 0.4) is 0 Å². The highest BCUT2D eigenvalue weighted by atomic mass is 16.5. The average Bonchev–Trinajstić information content (AvgIpc) is 3.01. The largest absolute Gasteiger partial charge is 0.377 e. The molecule has 0 aliphatic carbocycles. The molecule has 18 heavy (non-hydrogen) atoms. The third kappa shape index (κ3) is 3.56. The summed E-state index contributed by atoms with van der Waals surface area (Å²) in [5.41, 5.74) is 0. The van der Waals surface area contributed by atoms with E-state index in [9.17, 15) is 0 Å². The fraction of sp³-hybridized carbons (Fsp3) is 0.786. The van der Waals surface area contributed by atoms with Crippen LogP contribution in [0.2, 0.25) is 0 Å². The van der Waals surface area contributed by atoms with Crippen LogP contribution in [-0.2, 0) is 17.7 Å². The lowest BCUT2D eigenvalue weighted by atomic mass is 10.1. The predicted molar refractivity (Wildman–Crippen MR) is 72.7 cm³/mol. The van der Waals surface area contributed by atoms with E-state index in [1.807, 2.05) is 6.20 Å². The van der Waals surface area contributed by atoms with Crippen molar-refractivity contribution in [1.29, 1.82) is 0 Å². The average molecular weight is 251 g/mol. The van der Waals surface area contributed by atoms with Gasteiger partial charge in [-0.05, 0) is 26.2 Å². The summed E-state index contributed by atoms with van der Waals surface area (Å²) in [4.78, 5) is 4.39. The van der Waals surface area contributed by atoms with E-state index in [2.05, 4.69) is 34.9 Å². The van der Waals surface area contributed by atoms with Gasteiger partial charge < -0.3 is 14.6 Å². The molecule has 0 spiro atoms. The van der Waals surface area contributed by atoms with Crippen LogP contribution >= 0.6 is 0 Å². The molecule has 0 saturated carbocycles. The molecule has 0 bridgehead atoms. The number of aryl methyl sites for hydroxylation is 1. The molecule has 2 unspecified atom stereocenters. The van der Waals surface area contributed by atoms with Crippen LogP contribution in [-0.4, -0.2) is 34.8 Å². The van der Waals surface area contributed by atoms with Gasteiger partial charge in [0.05, 0.1) is 6.10 Å². The first-order valence-corrected chi connectivity index (χ1v) is 7.16. The fourth-order valence-corrected chi connectivity index (χ4v) is 2.54. The second kappa shape index (κ2) is 6.90. The highest BCUT2D eigenvalue weighted by molar-refractivity contribution is 4.92. The third-order valence-electron chi connectivity index (χ3n) is 3.62. The number of aromatic nitrogens is 2. The van der Waals surface area contributed by atoms with Gasteiger partial charge in [0.25, 0.3) is 0 Å². The molecule has 0 amide bonds. The Hall–Kier alpha value is -0.870. The van der Waals surface area contributed by atoms with Crippen molar-refractivity contribution in [3.05, 3.63) is 18.2 Å². The van der Waals surface area contributed by atoms with Crippen molar-refractivity contribution in [3.8, 4) is 0 Å². The standard InChI is InChI=1S/C14H25N3O/c1-3-5-14-16-8-10-17(14)9-7-15-12(2)13-6-4-11-18-13/h8,10,12-13,15H,3-7,9,11H2,1-2H3. The Kier molecular flexibility index (Phi) is 5.20. The molecular formula is C14H25N3O. The van der Waals surface area contributed by atoms with Gasteiger partial charge >= 0.3 is 0 Å². The molecule has 2 heterocycles. The van der Waals surface area contributed by atoms with Crippen molar-refractivity contribution in [2.45, 2.75) is 58.2 Å². The van der Waals surface area contributed by atoms with Gasteiger partial charge in [-0.25, -0.2) is 4.98 Å². The van der Waals surface area contributed by atoms with E-state index in [-0.39, 0.29) is 0 Å². The number of rotatable bonds is 7. The molecule has 0 radical (unpaired) electrons. The van der Waals surface area contributed by atoms with Crippen LogP contribution < -0.4 is 5.32 Å². The Morgan fingerprint density at radius 2 is 2.50 bits per heavy atom. The van der Waals surface area contributed by atoms with Crippen LogP contribution in [0, 0.1) is 0 Å². The lowest BCUT2D eigenvalue weighted by Gasteiger charge is -2.20.